The fraction of sp³-hybridized carbons (Fsp3) is 0.188. The molecule has 136 valence electrons. The summed E-state index contributed by atoms with van der Waals surface area (Å²) in [4.78, 5) is 12.2. The van der Waals surface area contributed by atoms with Gasteiger partial charge in [-0.05, 0) is 33.6 Å². The number of halogens is 4. The van der Waals surface area contributed by atoms with Gasteiger partial charge in [-0.3, -0.25) is 14.2 Å². The van der Waals surface area contributed by atoms with Crippen LogP contribution in [0.2, 0.25) is 0 Å². The Morgan fingerprint density at radius 1 is 1.08 bits per heavy atom. The number of amides is 1. The van der Waals surface area contributed by atoms with Crippen LogP contribution in [0.5, 0.6) is 0 Å². The number of alkyl halides is 3. The summed E-state index contributed by atoms with van der Waals surface area (Å²) in [5.41, 5.74) is 1.54. The molecule has 0 saturated carbocycles. The van der Waals surface area contributed by atoms with Crippen molar-refractivity contribution in [3.8, 4) is 0 Å². The lowest BCUT2D eigenvalue weighted by Crippen LogP contribution is -2.18. The molecule has 0 unspecified atom stereocenters. The molecule has 0 atom stereocenters. The predicted octanol–water partition coefficient (Wildman–Crippen LogP) is 3.71. The van der Waals surface area contributed by atoms with Crippen molar-refractivity contribution in [1.82, 2.24) is 19.6 Å². The van der Waals surface area contributed by atoms with Crippen LogP contribution in [-0.4, -0.2) is 31.6 Å². The first-order valence-corrected chi connectivity index (χ1v) is 8.25. The molecule has 1 amide bonds. The summed E-state index contributed by atoms with van der Waals surface area (Å²) in [6, 6.07) is 6.86. The zero-order valence-corrected chi connectivity index (χ0v) is 14.8. The van der Waals surface area contributed by atoms with Crippen molar-refractivity contribution in [3.05, 3.63) is 64.7 Å². The van der Waals surface area contributed by atoms with Gasteiger partial charge in [0.2, 0.25) is 0 Å². The Bertz CT molecular complexity index is 901. The number of nitrogens with one attached hydrogen (secondary N) is 1. The lowest BCUT2D eigenvalue weighted by molar-refractivity contribution is -0.142. The van der Waals surface area contributed by atoms with E-state index in [1.54, 1.807) is 35.1 Å². The second-order valence-electron chi connectivity index (χ2n) is 5.55. The second kappa shape index (κ2) is 7.32. The van der Waals surface area contributed by atoms with Gasteiger partial charge in [0.1, 0.15) is 6.54 Å². The van der Waals surface area contributed by atoms with E-state index < -0.39 is 18.6 Å². The van der Waals surface area contributed by atoms with Crippen LogP contribution in [0.15, 0.2) is 53.5 Å². The molecule has 1 aromatic carbocycles. The quantitative estimate of drug-likeness (QED) is 0.674. The maximum Gasteiger partial charge on any atom is 0.408 e. The number of nitrogens with zero attached hydrogens (tertiary/aromatic N) is 4. The zero-order valence-electron chi connectivity index (χ0n) is 13.2. The van der Waals surface area contributed by atoms with Gasteiger partial charge in [-0.15, -0.1) is 0 Å². The van der Waals surface area contributed by atoms with Gasteiger partial charge >= 0.3 is 6.18 Å². The summed E-state index contributed by atoms with van der Waals surface area (Å²) in [7, 11) is 0. The van der Waals surface area contributed by atoms with E-state index >= 15 is 0 Å². The zero-order chi connectivity index (χ0) is 18.7. The van der Waals surface area contributed by atoms with E-state index in [0.717, 1.165) is 20.9 Å². The molecule has 0 radical (unpaired) electrons. The molecule has 3 aromatic rings. The number of benzene rings is 1. The van der Waals surface area contributed by atoms with Gasteiger partial charge in [0, 0.05) is 18.0 Å². The fourth-order valence-corrected chi connectivity index (χ4v) is 2.60. The Labute approximate surface area is 154 Å². The topological polar surface area (TPSA) is 64.7 Å². The minimum Gasteiger partial charge on any atom is -0.319 e. The van der Waals surface area contributed by atoms with E-state index in [4.69, 9.17) is 0 Å². The van der Waals surface area contributed by atoms with Crippen LogP contribution < -0.4 is 5.32 Å². The van der Waals surface area contributed by atoms with Crippen LogP contribution in [0.1, 0.15) is 15.9 Å². The van der Waals surface area contributed by atoms with Gasteiger partial charge in [-0.25, -0.2) is 0 Å². The first-order valence-electron chi connectivity index (χ1n) is 7.46. The Hall–Kier alpha value is -2.62. The van der Waals surface area contributed by atoms with Gasteiger partial charge in [-0.1, -0.05) is 12.1 Å². The van der Waals surface area contributed by atoms with E-state index in [2.05, 4.69) is 31.4 Å². The number of carbonyl (C=O) groups is 1. The maximum absolute atomic E-state index is 12.3. The van der Waals surface area contributed by atoms with Gasteiger partial charge in [0.15, 0.2) is 0 Å². The average molecular weight is 428 g/mol. The highest BCUT2D eigenvalue weighted by Crippen LogP contribution is 2.18. The minimum absolute atomic E-state index is 0.199. The number of hydrogen-bond donors (Lipinski definition) is 1. The Morgan fingerprint density at radius 3 is 2.38 bits per heavy atom. The largest absolute Gasteiger partial charge is 0.408 e. The molecule has 26 heavy (non-hydrogen) atoms. The highest BCUT2D eigenvalue weighted by Gasteiger charge is 2.28. The Morgan fingerprint density at radius 2 is 1.77 bits per heavy atom. The molecule has 2 heterocycles. The lowest BCUT2D eigenvalue weighted by atomic mass is 10.1. The molecule has 10 heteroatoms. The van der Waals surface area contributed by atoms with E-state index in [-0.39, 0.29) is 5.69 Å². The normalized spacial score (nSPS) is 11.5. The lowest BCUT2D eigenvalue weighted by Gasteiger charge is -2.06. The van der Waals surface area contributed by atoms with E-state index in [9.17, 15) is 18.0 Å². The molecule has 0 spiro atoms. The molecule has 1 N–H and O–H groups in total. The van der Waals surface area contributed by atoms with Crippen LogP contribution in [-0.2, 0) is 13.1 Å². The summed E-state index contributed by atoms with van der Waals surface area (Å²) in [5, 5.41) is 10.3. The standard InChI is InChI=1S/C16H13BrF3N5O/c17-13-5-21-24(8-13)7-11-1-3-12(4-2-11)15(26)23-14-6-22-25(9-14)10-16(18,19)20/h1-6,8-9H,7,10H2,(H,23,26). The molecule has 0 saturated heterocycles. The van der Waals surface area contributed by atoms with Crippen LogP contribution in [0.25, 0.3) is 0 Å². The van der Waals surface area contributed by atoms with Crippen LogP contribution in [0.3, 0.4) is 0 Å². The molecule has 0 fully saturated rings. The summed E-state index contributed by atoms with van der Waals surface area (Å²) < 4.78 is 40.3. The third-order valence-corrected chi connectivity index (χ3v) is 3.80. The van der Waals surface area contributed by atoms with Crippen molar-refractivity contribution >= 4 is 27.5 Å². The number of hydrogen-bond acceptors (Lipinski definition) is 3. The van der Waals surface area contributed by atoms with Crippen molar-refractivity contribution in [3.63, 3.8) is 0 Å². The molecular weight excluding hydrogens is 415 g/mol. The molecule has 6 nitrogen and oxygen atoms in total. The first-order chi connectivity index (χ1) is 12.3. The number of anilines is 1. The molecule has 0 aliphatic heterocycles. The van der Waals surface area contributed by atoms with E-state index in [1.807, 2.05) is 6.20 Å². The van der Waals surface area contributed by atoms with Gasteiger partial charge in [-0.2, -0.15) is 23.4 Å². The first kappa shape index (κ1) is 18.2. The van der Waals surface area contributed by atoms with Crippen LogP contribution in [0, 0.1) is 0 Å². The molecule has 0 bridgehead atoms. The van der Waals surface area contributed by atoms with Gasteiger partial charge < -0.3 is 5.32 Å². The third kappa shape index (κ3) is 4.94. The summed E-state index contributed by atoms with van der Waals surface area (Å²) in [6.45, 7) is -0.654. The summed E-state index contributed by atoms with van der Waals surface area (Å²) >= 11 is 3.32. The van der Waals surface area contributed by atoms with Crippen molar-refractivity contribution < 1.29 is 18.0 Å². The highest BCUT2D eigenvalue weighted by atomic mass is 79.9. The summed E-state index contributed by atoms with van der Waals surface area (Å²) in [5.74, 6) is -0.426. The summed E-state index contributed by atoms with van der Waals surface area (Å²) in [6.07, 6.45) is 1.45. The van der Waals surface area contributed by atoms with Crippen molar-refractivity contribution in [2.24, 2.45) is 0 Å². The molecular formula is C16H13BrF3N5O. The van der Waals surface area contributed by atoms with Crippen molar-refractivity contribution in [2.75, 3.05) is 5.32 Å². The van der Waals surface area contributed by atoms with E-state index in [1.165, 1.54) is 6.20 Å². The van der Waals surface area contributed by atoms with E-state index in [0.29, 0.717) is 12.1 Å². The Balaban J connectivity index is 1.61. The van der Waals surface area contributed by atoms with Crippen molar-refractivity contribution in [2.45, 2.75) is 19.3 Å². The van der Waals surface area contributed by atoms with Crippen LogP contribution >= 0.6 is 15.9 Å². The van der Waals surface area contributed by atoms with Crippen molar-refractivity contribution in [1.29, 1.82) is 0 Å². The van der Waals surface area contributed by atoms with Gasteiger partial charge in [0.25, 0.3) is 5.91 Å². The number of aromatic nitrogens is 4. The Kier molecular flexibility index (Phi) is 5.12. The van der Waals surface area contributed by atoms with Gasteiger partial charge in [0.05, 0.1) is 29.1 Å². The maximum atomic E-state index is 12.3. The predicted molar refractivity (Wildman–Crippen MR) is 91.7 cm³/mol. The number of carbonyl (C=O) groups excluding carboxylic acids is 1. The smallest absolute Gasteiger partial charge is 0.319 e. The van der Waals surface area contributed by atoms with Crippen LogP contribution in [0.4, 0.5) is 18.9 Å². The monoisotopic (exact) mass is 427 g/mol. The third-order valence-electron chi connectivity index (χ3n) is 3.39. The highest BCUT2D eigenvalue weighted by molar-refractivity contribution is 9.10. The second-order valence-corrected chi connectivity index (χ2v) is 6.46. The SMILES string of the molecule is O=C(Nc1cnn(CC(F)(F)F)c1)c1ccc(Cn2cc(Br)cn2)cc1. The number of rotatable bonds is 5. The molecule has 2 aromatic heterocycles. The molecule has 3 rings (SSSR count). The minimum atomic E-state index is -4.37. The average Bonchev–Trinajstić information content (AvgIpc) is 3.15. The fourth-order valence-electron chi connectivity index (χ4n) is 2.27. The molecule has 0 aliphatic carbocycles. The molecule has 0 aliphatic rings.